The molecule has 0 amide bonds. The summed E-state index contributed by atoms with van der Waals surface area (Å²) in [4.78, 5) is 23.7. The smallest absolute Gasteiger partial charge is 0.477 e. The van der Waals surface area contributed by atoms with E-state index in [1.807, 2.05) is 21.1 Å². The number of nitrogens with zero attached hydrogens (tertiary/aromatic N) is 1. The Balaban J connectivity index is 6.56. The molecule has 0 aliphatic carbocycles. The first-order valence-electron chi connectivity index (χ1n) is 12.0. The van der Waals surface area contributed by atoms with Gasteiger partial charge in [-0.1, -0.05) is 0 Å². The number of hydrogen-bond acceptors (Lipinski definition) is 11. The fraction of sp³-hybridized carbons (Fsp3) is 0.864. The normalized spacial score (nSPS) is 14.9. The molecule has 0 fully saturated rings. The number of phosphoric ester groups is 1. The van der Waals surface area contributed by atoms with Crippen molar-refractivity contribution in [3.8, 4) is 0 Å². The predicted molar refractivity (Wildman–Crippen MR) is 129 cm³/mol. The zero-order valence-corrected chi connectivity index (χ0v) is 24.0. The maximum atomic E-state index is 13.1. The summed E-state index contributed by atoms with van der Waals surface area (Å²) in [5.74, 6) is -6.67. The van der Waals surface area contributed by atoms with Gasteiger partial charge in [-0.2, -0.15) is 0 Å². The van der Waals surface area contributed by atoms with Crippen molar-refractivity contribution in [2.45, 2.75) is 53.5 Å². The predicted octanol–water partition coefficient (Wildman–Crippen LogP) is 2.74. The van der Waals surface area contributed by atoms with Crippen molar-refractivity contribution in [2.24, 2.45) is 0 Å². The van der Waals surface area contributed by atoms with E-state index in [1.165, 1.54) is 0 Å². The molecule has 0 spiro atoms. The summed E-state index contributed by atoms with van der Waals surface area (Å²) >= 11 is 0. The van der Waals surface area contributed by atoms with Gasteiger partial charge in [0, 0.05) is 0 Å². The SMILES string of the molecule is CCOC=C(OCC)C(=O)OC(OCC)(OCC)C(OCC)(OCC)OP(=O)(O)OCC[N+](C)(C)C. The molecule has 13 nitrogen and oxygen atoms in total. The van der Waals surface area contributed by atoms with E-state index in [0.717, 1.165) is 6.26 Å². The molecule has 0 saturated heterocycles. The molecule has 1 atom stereocenters. The van der Waals surface area contributed by atoms with E-state index in [2.05, 4.69) is 0 Å². The zero-order chi connectivity index (χ0) is 27.9. The third-order valence-electron chi connectivity index (χ3n) is 4.05. The number of carbonyl (C=O) groups excluding carboxylic acids is 1. The van der Waals surface area contributed by atoms with E-state index < -0.39 is 25.7 Å². The molecular weight excluding hydrogens is 501 g/mol. The maximum Gasteiger partial charge on any atom is 0.477 e. The van der Waals surface area contributed by atoms with E-state index in [0.29, 0.717) is 11.0 Å². The van der Waals surface area contributed by atoms with Crippen LogP contribution in [0, 0.1) is 0 Å². The Hall–Kier alpha value is -1.28. The van der Waals surface area contributed by atoms with E-state index in [9.17, 15) is 14.3 Å². The molecule has 1 unspecified atom stereocenters. The fourth-order valence-corrected chi connectivity index (χ4v) is 3.55. The molecule has 0 radical (unpaired) electrons. The van der Waals surface area contributed by atoms with Gasteiger partial charge in [0.15, 0.2) is 0 Å². The molecule has 0 aromatic rings. The summed E-state index contributed by atoms with van der Waals surface area (Å²) in [6.07, 6.45) is 1.07. The highest BCUT2D eigenvalue weighted by Crippen LogP contribution is 2.52. The molecule has 0 bridgehead atoms. The van der Waals surface area contributed by atoms with Gasteiger partial charge in [-0.25, -0.2) is 13.9 Å². The van der Waals surface area contributed by atoms with Crippen LogP contribution in [0.3, 0.4) is 0 Å². The number of ether oxygens (including phenoxy) is 7. The van der Waals surface area contributed by atoms with Gasteiger partial charge in [-0.15, -0.1) is 0 Å². The van der Waals surface area contributed by atoms with Crippen LogP contribution in [-0.4, -0.2) is 101 Å². The van der Waals surface area contributed by atoms with E-state index >= 15 is 0 Å². The third-order valence-corrected chi connectivity index (χ3v) is 5.03. The minimum Gasteiger partial charge on any atom is -0.497 e. The van der Waals surface area contributed by atoms with Crippen LogP contribution in [0.5, 0.6) is 0 Å². The maximum absolute atomic E-state index is 13.1. The Morgan fingerprint density at radius 1 is 0.833 bits per heavy atom. The van der Waals surface area contributed by atoms with Crippen LogP contribution in [0.1, 0.15) is 41.5 Å². The van der Waals surface area contributed by atoms with Gasteiger partial charge in [0.1, 0.15) is 19.4 Å². The summed E-state index contributed by atoms with van der Waals surface area (Å²) in [5, 5.41) is 0. The first kappa shape index (κ1) is 34.7. The molecule has 14 heteroatoms. The second kappa shape index (κ2) is 16.5. The molecular formula is C22H45NO12P+. The van der Waals surface area contributed by atoms with Crippen molar-refractivity contribution < 1.29 is 60.9 Å². The summed E-state index contributed by atoms with van der Waals surface area (Å²) in [6, 6.07) is 0. The van der Waals surface area contributed by atoms with Gasteiger partial charge in [-0.3, -0.25) is 4.52 Å². The van der Waals surface area contributed by atoms with E-state index in [4.69, 9.17) is 42.2 Å². The number of likely N-dealkylation sites (N-methyl/N-ethyl adjacent to an activating group) is 1. The Bertz CT molecular complexity index is 698. The number of rotatable bonds is 21. The zero-order valence-electron chi connectivity index (χ0n) is 23.1. The summed E-state index contributed by atoms with van der Waals surface area (Å²) < 4.78 is 62.9. The quantitative estimate of drug-likeness (QED) is 0.0566. The van der Waals surface area contributed by atoms with Crippen LogP contribution in [-0.2, 0) is 51.6 Å². The average Bonchev–Trinajstić information content (AvgIpc) is 2.75. The van der Waals surface area contributed by atoms with Gasteiger partial charge < -0.3 is 42.5 Å². The first-order valence-corrected chi connectivity index (χ1v) is 13.5. The third kappa shape index (κ3) is 11.4. The van der Waals surface area contributed by atoms with Crippen LogP contribution < -0.4 is 0 Å². The lowest BCUT2D eigenvalue weighted by Crippen LogP contribution is -2.64. The molecule has 0 rings (SSSR count). The molecule has 0 saturated carbocycles. The minimum absolute atomic E-state index is 0.101. The lowest BCUT2D eigenvalue weighted by Gasteiger charge is -2.44. The van der Waals surface area contributed by atoms with Crippen LogP contribution in [0.4, 0.5) is 0 Å². The average molecular weight is 547 g/mol. The summed E-state index contributed by atoms with van der Waals surface area (Å²) in [5.41, 5.74) is 0. The number of hydrogen-bond donors (Lipinski definition) is 1. The molecule has 36 heavy (non-hydrogen) atoms. The van der Waals surface area contributed by atoms with Gasteiger partial charge in [0.05, 0.1) is 60.8 Å². The van der Waals surface area contributed by atoms with Gasteiger partial charge >= 0.3 is 25.7 Å². The van der Waals surface area contributed by atoms with Crippen LogP contribution in [0.15, 0.2) is 12.0 Å². The topological polar surface area (TPSA) is 137 Å². The molecule has 1 N–H and O–H groups in total. The van der Waals surface area contributed by atoms with Crippen molar-refractivity contribution >= 4 is 13.8 Å². The number of esters is 1. The number of quaternary nitrogens is 1. The molecule has 0 aliphatic heterocycles. The first-order chi connectivity index (χ1) is 16.8. The lowest BCUT2D eigenvalue weighted by atomic mass is 10.4. The molecule has 214 valence electrons. The molecule has 0 aliphatic rings. The highest BCUT2D eigenvalue weighted by Gasteiger charge is 2.66. The number of phosphoric acid groups is 1. The van der Waals surface area contributed by atoms with Gasteiger partial charge in [0.2, 0.25) is 5.76 Å². The second-order valence-electron chi connectivity index (χ2n) is 8.01. The van der Waals surface area contributed by atoms with Crippen molar-refractivity contribution in [2.75, 3.05) is 73.9 Å². The highest BCUT2D eigenvalue weighted by atomic mass is 31.2. The van der Waals surface area contributed by atoms with Gasteiger partial charge in [-0.05, 0) is 41.5 Å². The van der Waals surface area contributed by atoms with Crippen molar-refractivity contribution in [1.82, 2.24) is 0 Å². The van der Waals surface area contributed by atoms with Crippen LogP contribution in [0.2, 0.25) is 0 Å². The summed E-state index contributed by atoms with van der Waals surface area (Å²) in [6.45, 7) is 9.89. The molecule has 0 aromatic heterocycles. The van der Waals surface area contributed by atoms with Crippen molar-refractivity contribution in [3.05, 3.63) is 12.0 Å². The van der Waals surface area contributed by atoms with E-state index in [1.54, 1.807) is 41.5 Å². The lowest BCUT2D eigenvalue weighted by molar-refractivity contribution is -0.870. The van der Waals surface area contributed by atoms with Crippen LogP contribution >= 0.6 is 7.82 Å². The fourth-order valence-electron chi connectivity index (χ4n) is 2.66. The monoisotopic (exact) mass is 546 g/mol. The Kier molecular flexibility index (Phi) is 16.0. The second-order valence-corrected chi connectivity index (χ2v) is 9.39. The highest BCUT2D eigenvalue weighted by molar-refractivity contribution is 7.47. The molecule has 0 heterocycles. The summed E-state index contributed by atoms with van der Waals surface area (Å²) in [7, 11) is 0.777. The Labute approximate surface area is 214 Å². The minimum atomic E-state index is -4.88. The van der Waals surface area contributed by atoms with Crippen LogP contribution in [0.25, 0.3) is 0 Å². The van der Waals surface area contributed by atoms with Crippen molar-refractivity contribution in [3.63, 3.8) is 0 Å². The van der Waals surface area contributed by atoms with E-state index in [-0.39, 0.29) is 52.0 Å². The Morgan fingerprint density at radius 3 is 1.75 bits per heavy atom. The molecule has 0 aromatic carbocycles. The standard InChI is InChI=1S/C22H44NO12P/c1-10-27-18-19(28-11-2)20(24)34-21(29-12-3,30-13-4)22(31-14-5,32-15-6)35-36(25,26)33-17-16-23(7,8)9/h18H,10-17H2,1-9H3/p+1. The number of carbonyl (C=O) groups is 1. The van der Waals surface area contributed by atoms with Gasteiger partial charge in [0.25, 0.3) is 0 Å². The Morgan fingerprint density at radius 2 is 1.33 bits per heavy atom. The largest absolute Gasteiger partial charge is 0.497 e. The van der Waals surface area contributed by atoms with Crippen molar-refractivity contribution in [1.29, 1.82) is 0 Å².